The Hall–Kier alpha value is -0.560. The Morgan fingerprint density at radius 2 is 1.77 bits per heavy atom. The fraction of sp³-hybridized carbons (Fsp3) is 0.667. The number of hydrogen-bond acceptors (Lipinski definition) is 1. The summed E-state index contributed by atoms with van der Waals surface area (Å²) in [5.41, 5.74) is 0.0924. The summed E-state index contributed by atoms with van der Waals surface area (Å²) in [6.45, 7) is 14.3. The maximum Gasteiger partial charge on any atom is 0.0439 e. The third kappa shape index (κ3) is 2.70. The quantitative estimate of drug-likeness (QED) is 0.626. The Kier molecular flexibility index (Phi) is 4.41. The van der Waals surface area contributed by atoms with Gasteiger partial charge in [0.25, 0.3) is 0 Å². The van der Waals surface area contributed by atoms with Crippen LogP contribution in [0.25, 0.3) is 0 Å². The highest BCUT2D eigenvalue weighted by molar-refractivity contribution is 5.02. The van der Waals surface area contributed by atoms with Gasteiger partial charge in [-0.2, -0.15) is 0 Å². The zero-order valence-electron chi connectivity index (χ0n) is 9.14. The second-order valence-electron chi connectivity index (χ2n) is 4.47. The van der Waals surface area contributed by atoms with Crippen LogP contribution in [0.1, 0.15) is 33.6 Å². The van der Waals surface area contributed by atoms with E-state index in [-0.39, 0.29) is 17.4 Å². The smallest absolute Gasteiger partial charge is 0.0439 e. The number of hydrogen-bond donors (Lipinski definition) is 1. The average Bonchev–Trinajstić information content (AvgIpc) is 2.04. The Morgan fingerprint density at radius 3 is 2.08 bits per heavy atom. The highest BCUT2D eigenvalue weighted by Crippen LogP contribution is 2.45. The minimum absolute atomic E-state index is 0.0179. The van der Waals surface area contributed by atoms with Crippen molar-refractivity contribution in [3.05, 3.63) is 25.3 Å². The summed E-state index contributed by atoms with van der Waals surface area (Å²) in [7, 11) is 0. The standard InChI is InChI=1S/C12H22O/c1-6-8-11(3,4)12(5,7-2)9-10-13/h6-7,13H,1-2,8-10H2,3-5H3/t12-/m0/s1. The van der Waals surface area contributed by atoms with Crippen LogP contribution in [0.3, 0.4) is 0 Å². The highest BCUT2D eigenvalue weighted by Gasteiger charge is 2.36. The van der Waals surface area contributed by atoms with E-state index in [1.54, 1.807) is 0 Å². The monoisotopic (exact) mass is 182 g/mol. The lowest BCUT2D eigenvalue weighted by Gasteiger charge is -2.41. The van der Waals surface area contributed by atoms with Gasteiger partial charge < -0.3 is 5.11 Å². The van der Waals surface area contributed by atoms with Gasteiger partial charge in [-0.1, -0.05) is 32.9 Å². The van der Waals surface area contributed by atoms with Crippen molar-refractivity contribution in [1.82, 2.24) is 0 Å². The molecule has 0 aromatic heterocycles. The summed E-state index contributed by atoms with van der Waals surface area (Å²) in [6, 6.07) is 0. The molecule has 1 atom stereocenters. The van der Waals surface area contributed by atoms with Gasteiger partial charge in [0.2, 0.25) is 0 Å². The van der Waals surface area contributed by atoms with Crippen molar-refractivity contribution in [1.29, 1.82) is 0 Å². The second-order valence-corrected chi connectivity index (χ2v) is 4.47. The van der Waals surface area contributed by atoms with Gasteiger partial charge in [-0.3, -0.25) is 0 Å². The molecule has 0 bridgehead atoms. The molecule has 0 rings (SSSR count). The molecule has 0 radical (unpaired) electrons. The predicted molar refractivity (Wildman–Crippen MR) is 58.6 cm³/mol. The molecule has 0 aromatic rings. The topological polar surface area (TPSA) is 20.2 Å². The van der Waals surface area contributed by atoms with Crippen molar-refractivity contribution >= 4 is 0 Å². The zero-order valence-corrected chi connectivity index (χ0v) is 9.14. The molecule has 1 nitrogen and oxygen atoms in total. The van der Waals surface area contributed by atoms with Crippen molar-refractivity contribution in [3.63, 3.8) is 0 Å². The second kappa shape index (κ2) is 4.61. The van der Waals surface area contributed by atoms with E-state index in [0.717, 1.165) is 12.8 Å². The maximum absolute atomic E-state index is 8.99. The minimum Gasteiger partial charge on any atom is -0.396 e. The van der Waals surface area contributed by atoms with Crippen LogP contribution in [0.15, 0.2) is 25.3 Å². The van der Waals surface area contributed by atoms with Crippen LogP contribution in [0.2, 0.25) is 0 Å². The SMILES string of the molecule is C=CCC(C)(C)[C@@](C)(C=C)CCO. The first-order valence-corrected chi connectivity index (χ1v) is 4.79. The molecule has 0 amide bonds. The summed E-state index contributed by atoms with van der Waals surface area (Å²) in [6.07, 6.45) is 5.58. The molecular weight excluding hydrogens is 160 g/mol. The van der Waals surface area contributed by atoms with Crippen LogP contribution >= 0.6 is 0 Å². The predicted octanol–water partition coefficient (Wildman–Crippen LogP) is 3.16. The van der Waals surface area contributed by atoms with Crippen LogP contribution in [0.4, 0.5) is 0 Å². The fourth-order valence-electron chi connectivity index (χ4n) is 1.54. The number of allylic oxidation sites excluding steroid dienone is 2. The molecule has 0 saturated heterocycles. The largest absolute Gasteiger partial charge is 0.396 e. The third-order valence-electron chi connectivity index (χ3n) is 3.28. The van der Waals surface area contributed by atoms with E-state index >= 15 is 0 Å². The van der Waals surface area contributed by atoms with E-state index in [2.05, 4.69) is 33.9 Å². The molecule has 0 aliphatic carbocycles. The lowest BCUT2D eigenvalue weighted by Crippen LogP contribution is -2.33. The van der Waals surface area contributed by atoms with Gasteiger partial charge in [0, 0.05) is 6.61 Å². The van der Waals surface area contributed by atoms with Crippen LogP contribution < -0.4 is 0 Å². The third-order valence-corrected chi connectivity index (χ3v) is 3.28. The molecule has 0 spiro atoms. The molecular formula is C12H22O. The molecule has 1 heteroatoms. The average molecular weight is 182 g/mol. The molecule has 0 aliphatic rings. The molecule has 0 fully saturated rings. The fourth-order valence-corrected chi connectivity index (χ4v) is 1.54. The zero-order chi connectivity index (χ0) is 10.5. The Labute approximate surface area is 82.2 Å². The lowest BCUT2D eigenvalue weighted by molar-refractivity contribution is 0.105. The van der Waals surface area contributed by atoms with Gasteiger partial charge >= 0.3 is 0 Å². The van der Waals surface area contributed by atoms with Crippen LogP contribution in [-0.2, 0) is 0 Å². The van der Waals surface area contributed by atoms with Gasteiger partial charge in [-0.25, -0.2) is 0 Å². The lowest BCUT2D eigenvalue weighted by atomic mass is 9.63. The van der Waals surface area contributed by atoms with Crippen molar-refractivity contribution in [3.8, 4) is 0 Å². The van der Waals surface area contributed by atoms with E-state index in [1.807, 2.05) is 12.2 Å². The van der Waals surface area contributed by atoms with E-state index < -0.39 is 0 Å². The normalized spacial score (nSPS) is 16.3. The first-order chi connectivity index (χ1) is 5.93. The summed E-state index contributed by atoms with van der Waals surface area (Å²) in [5.74, 6) is 0. The highest BCUT2D eigenvalue weighted by atomic mass is 16.3. The summed E-state index contributed by atoms with van der Waals surface area (Å²) >= 11 is 0. The summed E-state index contributed by atoms with van der Waals surface area (Å²) < 4.78 is 0. The first-order valence-electron chi connectivity index (χ1n) is 4.79. The van der Waals surface area contributed by atoms with Gasteiger partial charge in [-0.05, 0) is 23.7 Å². The van der Waals surface area contributed by atoms with Crippen molar-refractivity contribution in [2.45, 2.75) is 33.6 Å². The van der Waals surface area contributed by atoms with Gasteiger partial charge in [0.05, 0.1) is 0 Å². The first kappa shape index (κ1) is 12.4. The Morgan fingerprint density at radius 1 is 1.23 bits per heavy atom. The van der Waals surface area contributed by atoms with Crippen LogP contribution in [0, 0.1) is 10.8 Å². The molecule has 0 unspecified atom stereocenters. The Balaban J connectivity index is 4.70. The molecule has 0 aliphatic heterocycles. The van der Waals surface area contributed by atoms with Gasteiger partial charge in [0.1, 0.15) is 0 Å². The molecule has 1 N–H and O–H groups in total. The summed E-state index contributed by atoms with van der Waals surface area (Å²) in [5, 5.41) is 8.99. The minimum atomic E-state index is -0.0179. The maximum atomic E-state index is 8.99. The summed E-state index contributed by atoms with van der Waals surface area (Å²) in [4.78, 5) is 0. The van der Waals surface area contributed by atoms with E-state index in [4.69, 9.17) is 5.11 Å². The van der Waals surface area contributed by atoms with Gasteiger partial charge in [-0.15, -0.1) is 13.2 Å². The molecule has 0 aromatic carbocycles. The van der Waals surface area contributed by atoms with Crippen LogP contribution in [0.5, 0.6) is 0 Å². The number of aliphatic hydroxyl groups excluding tert-OH is 1. The van der Waals surface area contributed by atoms with E-state index in [1.165, 1.54) is 0 Å². The Bertz CT molecular complexity index is 182. The molecule has 76 valence electrons. The van der Waals surface area contributed by atoms with Crippen molar-refractivity contribution in [2.24, 2.45) is 10.8 Å². The van der Waals surface area contributed by atoms with Gasteiger partial charge in [0.15, 0.2) is 0 Å². The van der Waals surface area contributed by atoms with Crippen molar-refractivity contribution < 1.29 is 5.11 Å². The number of rotatable bonds is 6. The molecule has 0 heterocycles. The van der Waals surface area contributed by atoms with Crippen molar-refractivity contribution in [2.75, 3.05) is 6.61 Å². The van der Waals surface area contributed by atoms with E-state index in [0.29, 0.717) is 0 Å². The van der Waals surface area contributed by atoms with E-state index in [9.17, 15) is 0 Å². The van der Waals surface area contributed by atoms with Crippen LogP contribution in [-0.4, -0.2) is 11.7 Å². The molecule has 13 heavy (non-hydrogen) atoms. The number of aliphatic hydroxyl groups is 1. The molecule has 0 saturated carbocycles.